The molecule has 0 radical (unpaired) electrons. The molecule has 1 fully saturated rings. The summed E-state index contributed by atoms with van der Waals surface area (Å²) in [6.45, 7) is 4.55. The van der Waals surface area contributed by atoms with Crippen LogP contribution in [0.15, 0.2) is 81.4 Å². The molecular weight excluding hydrogens is 678 g/mol. The van der Waals surface area contributed by atoms with Gasteiger partial charge in [-0.25, -0.2) is 13.8 Å². The molecule has 6 rings (SSSR count). The lowest BCUT2D eigenvalue weighted by molar-refractivity contribution is -0.137. The lowest BCUT2D eigenvalue weighted by Gasteiger charge is -2.26. The van der Waals surface area contributed by atoms with Crippen LogP contribution < -0.4 is 25.5 Å². The minimum absolute atomic E-state index is 0.0382. The van der Waals surface area contributed by atoms with Crippen molar-refractivity contribution in [2.45, 2.75) is 12.6 Å². The van der Waals surface area contributed by atoms with Gasteiger partial charge in [0.2, 0.25) is 5.88 Å². The number of halogens is 4. The molecule has 0 amide bonds. The number of fused-ring (bicyclic) bond motifs is 1. The van der Waals surface area contributed by atoms with Crippen LogP contribution in [0.5, 0.6) is 28.9 Å². The molecule has 0 saturated carbocycles. The average molecular weight is 710 g/mol. The van der Waals surface area contributed by atoms with Crippen LogP contribution in [0.3, 0.4) is 0 Å². The molecule has 2 N–H and O–H groups in total. The van der Waals surface area contributed by atoms with Crippen molar-refractivity contribution in [3.8, 4) is 34.6 Å². The fourth-order valence-corrected chi connectivity index (χ4v) is 5.48. The number of nitrogens with one attached hydrogen (secondary N) is 1. The first kappa shape index (κ1) is 35.1. The number of pyridine rings is 1. The van der Waals surface area contributed by atoms with Gasteiger partial charge in [-0.1, -0.05) is 12.1 Å². The zero-order chi connectivity index (χ0) is 36.1. The molecule has 0 bridgehead atoms. The van der Waals surface area contributed by atoms with E-state index in [-0.39, 0.29) is 17.2 Å². The smallest absolute Gasteiger partial charge is 0.418 e. The molecule has 1 saturated heterocycles. The normalized spacial score (nSPS) is 13.9. The third-order valence-electron chi connectivity index (χ3n) is 8.02. The Labute approximate surface area is 287 Å². The zero-order valence-electron chi connectivity index (χ0n) is 27.1. The summed E-state index contributed by atoms with van der Waals surface area (Å²) in [5, 5.41) is 11.3. The van der Waals surface area contributed by atoms with Crippen molar-refractivity contribution in [1.29, 1.82) is 0 Å². The van der Waals surface area contributed by atoms with E-state index in [0.717, 1.165) is 69.7 Å². The largest absolute Gasteiger partial charge is 0.493 e. The van der Waals surface area contributed by atoms with Gasteiger partial charge in [-0.2, -0.15) is 13.2 Å². The maximum atomic E-state index is 15.3. The van der Waals surface area contributed by atoms with E-state index in [2.05, 4.69) is 14.9 Å². The molecule has 266 valence electrons. The number of methoxy groups -OCH3 is 1. The highest BCUT2D eigenvalue weighted by Crippen LogP contribution is 2.38. The first-order valence-corrected chi connectivity index (χ1v) is 15.7. The Morgan fingerprint density at radius 1 is 1.02 bits per heavy atom. The molecular formula is C35H31F4N5O7. The van der Waals surface area contributed by atoms with Crippen molar-refractivity contribution >= 4 is 22.8 Å². The second-order valence-electron chi connectivity index (χ2n) is 11.3. The number of alkyl halides is 3. The summed E-state index contributed by atoms with van der Waals surface area (Å²) in [7, 11) is 1.50. The number of morpholine rings is 1. The third kappa shape index (κ3) is 7.86. The van der Waals surface area contributed by atoms with Gasteiger partial charge in [-0.3, -0.25) is 24.7 Å². The molecule has 0 aliphatic carbocycles. The maximum Gasteiger partial charge on any atom is 0.418 e. The summed E-state index contributed by atoms with van der Waals surface area (Å²) in [6, 6.07) is 12.6. The molecule has 3 heterocycles. The SMILES string of the molecule is COc1cc2c(Oc3ccc(N=Cc4c(O)n(-c5ccccc5C(F)(F)F)c(=O)[nH]c4=O)cc3F)ccnc2cc1OCCCN1CCOCC1. The molecule has 0 spiro atoms. The highest BCUT2D eigenvalue weighted by molar-refractivity contribution is 5.88. The van der Waals surface area contributed by atoms with Crippen LogP contribution in [0.25, 0.3) is 16.6 Å². The predicted molar refractivity (Wildman–Crippen MR) is 179 cm³/mol. The minimum atomic E-state index is -4.87. The monoisotopic (exact) mass is 709 g/mol. The van der Waals surface area contributed by atoms with Gasteiger partial charge in [0.15, 0.2) is 23.1 Å². The van der Waals surface area contributed by atoms with Gasteiger partial charge < -0.3 is 24.1 Å². The highest BCUT2D eigenvalue weighted by Gasteiger charge is 2.35. The topological polar surface area (TPSA) is 140 Å². The van der Waals surface area contributed by atoms with Gasteiger partial charge in [0.1, 0.15) is 11.3 Å². The zero-order valence-corrected chi connectivity index (χ0v) is 27.1. The van der Waals surface area contributed by atoms with E-state index >= 15 is 4.39 Å². The second-order valence-corrected chi connectivity index (χ2v) is 11.3. The van der Waals surface area contributed by atoms with Crippen LogP contribution in [0.2, 0.25) is 0 Å². The molecule has 12 nitrogen and oxygen atoms in total. The van der Waals surface area contributed by atoms with Gasteiger partial charge >= 0.3 is 11.9 Å². The number of aliphatic imine (C=N–C) groups is 1. The first-order chi connectivity index (χ1) is 24.5. The van der Waals surface area contributed by atoms with Crippen LogP contribution in [-0.2, 0) is 10.9 Å². The molecule has 5 aromatic rings. The molecule has 16 heteroatoms. The predicted octanol–water partition coefficient (Wildman–Crippen LogP) is 5.59. The molecule has 51 heavy (non-hydrogen) atoms. The second kappa shape index (κ2) is 15.0. The van der Waals surface area contributed by atoms with Gasteiger partial charge in [0.05, 0.1) is 49.4 Å². The van der Waals surface area contributed by atoms with Crippen LogP contribution in [0, 0.1) is 5.82 Å². The van der Waals surface area contributed by atoms with Gasteiger partial charge in [-0.05, 0) is 42.8 Å². The van der Waals surface area contributed by atoms with Crippen molar-refractivity contribution in [3.63, 3.8) is 0 Å². The van der Waals surface area contributed by atoms with Crippen LogP contribution in [0.1, 0.15) is 17.5 Å². The van der Waals surface area contributed by atoms with Gasteiger partial charge in [0.25, 0.3) is 5.56 Å². The van der Waals surface area contributed by atoms with Crippen LogP contribution in [-0.4, -0.2) is 77.3 Å². The number of aromatic amines is 1. The number of hydrogen-bond donors (Lipinski definition) is 2. The number of rotatable bonds is 11. The molecule has 0 atom stereocenters. The Kier molecular flexibility index (Phi) is 10.3. The highest BCUT2D eigenvalue weighted by atomic mass is 19.4. The van der Waals surface area contributed by atoms with Crippen LogP contribution >= 0.6 is 0 Å². The van der Waals surface area contributed by atoms with Crippen LogP contribution in [0.4, 0.5) is 23.2 Å². The van der Waals surface area contributed by atoms with Crippen molar-refractivity contribution < 1.29 is 41.6 Å². The molecule has 1 aliphatic rings. The number of hydrogen-bond acceptors (Lipinski definition) is 10. The molecule has 2 aromatic heterocycles. The fourth-order valence-electron chi connectivity index (χ4n) is 5.48. The lowest BCUT2D eigenvalue weighted by Crippen LogP contribution is -2.37. The lowest BCUT2D eigenvalue weighted by atomic mass is 10.1. The standard InChI is InChI=1S/C35H31F4N5O7/c1-48-30-18-22-26(19-31(30)50-14-4-11-43-12-15-49-16-13-43)40-10-9-28(22)51-29-8-7-21(17-25(29)36)41-20-23-32(45)42-34(47)44(33(23)46)27-6-3-2-5-24(27)35(37,38)39/h2-3,5-10,17-20,46H,4,11-16H2,1H3,(H,42,45,47). The van der Waals surface area contributed by atoms with E-state index in [0.29, 0.717) is 33.6 Å². The first-order valence-electron chi connectivity index (χ1n) is 15.7. The maximum absolute atomic E-state index is 15.3. The molecule has 0 unspecified atom stereocenters. The number of aromatic nitrogens is 3. The molecule has 1 aliphatic heterocycles. The Morgan fingerprint density at radius 3 is 2.55 bits per heavy atom. The average Bonchev–Trinajstić information content (AvgIpc) is 3.11. The number of aromatic hydroxyl groups is 1. The Hall–Kier alpha value is -5.74. The number of H-pyrrole nitrogens is 1. The van der Waals surface area contributed by atoms with Crippen molar-refractivity contribution in [2.75, 3.05) is 46.6 Å². The van der Waals surface area contributed by atoms with E-state index in [4.69, 9.17) is 18.9 Å². The third-order valence-corrected chi connectivity index (χ3v) is 8.02. The number of para-hydroxylation sites is 1. The van der Waals surface area contributed by atoms with E-state index in [9.17, 15) is 27.9 Å². The van der Waals surface area contributed by atoms with Gasteiger partial charge in [-0.15, -0.1) is 0 Å². The summed E-state index contributed by atoms with van der Waals surface area (Å²) in [5.74, 6) is -0.916. The van der Waals surface area contributed by atoms with Crippen molar-refractivity contribution in [2.24, 2.45) is 4.99 Å². The summed E-state index contributed by atoms with van der Waals surface area (Å²) in [5.41, 5.74) is -4.52. The number of benzene rings is 3. The van der Waals surface area contributed by atoms with Crippen molar-refractivity contribution in [1.82, 2.24) is 19.4 Å². The Morgan fingerprint density at radius 2 is 1.80 bits per heavy atom. The van der Waals surface area contributed by atoms with E-state index in [1.807, 2.05) is 4.98 Å². The quantitative estimate of drug-likeness (QED) is 0.102. The Balaban J connectivity index is 1.20. The van der Waals surface area contributed by atoms with E-state index in [1.54, 1.807) is 18.2 Å². The minimum Gasteiger partial charge on any atom is -0.493 e. The van der Waals surface area contributed by atoms with Crippen molar-refractivity contribution in [3.05, 3.63) is 105 Å². The van der Waals surface area contributed by atoms with E-state index in [1.165, 1.54) is 31.5 Å². The number of nitrogens with zero attached hydrogens (tertiary/aromatic N) is 4. The summed E-state index contributed by atoms with van der Waals surface area (Å²) in [4.78, 5) is 37.6. The summed E-state index contributed by atoms with van der Waals surface area (Å²) >= 11 is 0. The Bertz CT molecular complexity index is 2200. The van der Waals surface area contributed by atoms with Gasteiger partial charge in [0, 0.05) is 49.6 Å². The summed E-state index contributed by atoms with van der Waals surface area (Å²) < 4.78 is 79.3. The fraction of sp³-hybridized carbons (Fsp3) is 0.257. The molecule has 3 aromatic carbocycles. The summed E-state index contributed by atoms with van der Waals surface area (Å²) in [6.07, 6.45) is -1.76. The van der Waals surface area contributed by atoms with E-state index < -0.39 is 45.9 Å². The number of ether oxygens (including phenoxy) is 4.